The van der Waals surface area contributed by atoms with Crippen LogP contribution in [0.15, 0.2) is 24.3 Å². The van der Waals surface area contributed by atoms with Crippen LogP contribution < -0.4 is 10.6 Å². The molecule has 0 aliphatic carbocycles. The Bertz CT molecular complexity index is 847. The average Bonchev–Trinajstić information content (AvgIpc) is 3.25. The third kappa shape index (κ3) is 4.73. The predicted octanol–water partition coefficient (Wildman–Crippen LogP) is 3.46. The molecule has 0 bridgehead atoms. The third-order valence-corrected chi connectivity index (χ3v) is 5.88. The number of fused-ring (bicyclic) bond motifs is 1. The highest BCUT2D eigenvalue weighted by Gasteiger charge is 2.26. The van der Waals surface area contributed by atoms with Gasteiger partial charge in [-0.1, -0.05) is 26.0 Å². The molecular weight excluding hydrogens is 379 g/mol. The molecule has 2 aromatic rings. The monoisotopic (exact) mass is 404 g/mol. The molecule has 150 valence electrons. The van der Waals surface area contributed by atoms with Gasteiger partial charge in [0.15, 0.2) is 0 Å². The van der Waals surface area contributed by atoms with Crippen molar-refractivity contribution in [3.63, 3.8) is 0 Å². The molecule has 1 aromatic heterocycles. The summed E-state index contributed by atoms with van der Waals surface area (Å²) in [6.07, 6.45) is 1.54. The number of hydrogen-bond donors (Lipinski definition) is 2. The molecule has 3 rings (SSSR count). The van der Waals surface area contributed by atoms with E-state index in [1.54, 1.807) is 28.6 Å². The van der Waals surface area contributed by atoms with E-state index in [2.05, 4.69) is 15.7 Å². The highest BCUT2D eigenvalue weighted by molar-refractivity contribution is 7.98. The molecule has 1 aliphatic rings. The Hall–Kier alpha value is -2.35. The highest BCUT2D eigenvalue weighted by Crippen LogP contribution is 2.35. The number of nitrogens with zero attached hydrogens (tertiary/aromatic N) is 2. The molecule has 0 spiro atoms. The number of aromatic nitrogens is 2. The van der Waals surface area contributed by atoms with E-state index < -0.39 is 0 Å². The van der Waals surface area contributed by atoms with Crippen LogP contribution in [0.3, 0.4) is 0 Å². The number of benzene rings is 1. The Morgan fingerprint density at radius 2 is 1.93 bits per heavy atom. The first-order valence-corrected chi connectivity index (χ1v) is 10.7. The van der Waals surface area contributed by atoms with Crippen LogP contribution in [-0.2, 0) is 34.2 Å². The van der Waals surface area contributed by atoms with Gasteiger partial charge in [0.05, 0.1) is 5.69 Å². The van der Waals surface area contributed by atoms with Gasteiger partial charge < -0.3 is 10.6 Å². The zero-order valence-corrected chi connectivity index (χ0v) is 16.9. The Kier molecular flexibility index (Phi) is 6.72. The predicted molar refractivity (Wildman–Crippen MR) is 108 cm³/mol. The van der Waals surface area contributed by atoms with Gasteiger partial charge >= 0.3 is 0 Å². The van der Waals surface area contributed by atoms with E-state index in [9.17, 15) is 14.0 Å². The molecule has 0 radical (unpaired) electrons. The normalized spacial score (nSPS) is 12.9. The van der Waals surface area contributed by atoms with E-state index in [-0.39, 0.29) is 30.1 Å². The lowest BCUT2D eigenvalue weighted by Crippen LogP contribution is -2.29. The fourth-order valence-corrected chi connectivity index (χ4v) is 4.23. The van der Waals surface area contributed by atoms with Crippen LogP contribution in [-0.4, -0.2) is 21.6 Å². The molecule has 0 fully saturated rings. The first-order chi connectivity index (χ1) is 13.5. The van der Waals surface area contributed by atoms with Crippen LogP contribution in [0.5, 0.6) is 0 Å². The summed E-state index contributed by atoms with van der Waals surface area (Å²) in [5.41, 5.74) is 2.75. The number of amides is 2. The summed E-state index contributed by atoms with van der Waals surface area (Å²) in [5.74, 6) is 1.60. The number of rotatable bonds is 8. The Labute approximate surface area is 168 Å². The molecule has 28 heavy (non-hydrogen) atoms. The summed E-state index contributed by atoms with van der Waals surface area (Å²) >= 11 is 1.75. The summed E-state index contributed by atoms with van der Waals surface area (Å²) in [7, 11) is 0. The second kappa shape index (κ2) is 9.23. The molecule has 8 heteroatoms. The minimum atomic E-state index is -0.308. The number of carbonyl (C=O) groups is 2. The van der Waals surface area contributed by atoms with Crippen molar-refractivity contribution in [3.05, 3.63) is 46.9 Å². The number of anilines is 1. The first kappa shape index (κ1) is 20.4. The summed E-state index contributed by atoms with van der Waals surface area (Å²) < 4.78 is 14.6. The largest absolute Gasteiger partial charge is 0.350 e. The van der Waals surface area contributed by atoms with Crippen LogP contribution in [0.25, 0.3) is 0 Å². The van der Waals surface area contributed by atoms with Crippen molar-refractivity contribution in [3.8, 4) is 0 Å². The highest BCUT2D eigenvalue weighted by atomic mass is 32.2. The molecule has 6 nitrogen and oxygen atoms in total. The van der Waals surface area contributed by atoms with E-state index >= 15 is 0 Å². The van der Waals surface area contributed by atoms with E-state index in [0.717, 1.165) is 41.2 Å². The number of nitrogens with one attached hydrogen (secondary N) is 2. The fraction of sp³-hybridized carbons (Fsp3) is 0.450. The summed E-state index contributed by atoms with van der Waals surface area (Å²) in [6.45, 7) is 4.32. The minimum Gasteiger partial charge on any atom is -0.350 e. The van der Waals surface area contributed by atoms with Crippen molar-refractivity contribution in [1.82, 2.24) is 15.1 Å². The molecule has 2 N–H and O–H groups in total. The topological polar surface area (TPSA) is 76.0 Å². The number of halogens is 1. The van der Waals surface area contributed by atoms with Crippen LogP contribution >= 0.6 is 11.8 Å². The van der Waals surface area contributed by atoms with Gasteiger partial charge in [0.25, 0.3) is 0 Å². The van der Waals surface area contributed by atoms with Gasteiger partial charge in [-0.25, -0.2) is 9.07 Å². The van der Waals surface area contributed by atoms with Gasteiger partial charge in [-0.3, -0.25) is 9.59 Å². The summed E-state index contributed by atoms with van der Waals surface area (Å²) in [5, 5.41) is 10.4. The van der Waals surface area contributed by atoms with Crippen molar-refractivity contribution in [2.75, 3.05) is 5.32 Å². The zero-order chi connectivity index (χ0) is 20.1. The summed E-state index contributed by atoms with van der Waals surface area (Å²) in [6, 6.07) is 6.00. The second-order valence-electron chi connectivity index (χ2n) is 6.83. The lowest BCUT2D eigenvalue weighted by Gasteiger charge is -2.15. The van der Waals surface area contributed by atoms with Crippen molar-refractivity contribution >= 4 is 29.4 Å². The zero-order valence-electron chi connectivity index (χ0n) is 16.1. The van der Waals surface area contributed by atoms with Crippen molar-refractivity contribution in [1.29, 1.82) is 0 Å². The van der Waals surface area contributed by atoms with Gasteiger partial charge in [0.2, 0.25) is 11.8 Å². The smallest absolute Gasteiger partial charge is 0.242 e. The SMILES string of the molecule is CCC(CC)C(=O)Nc1c2c(nn1CC(=O)NCc1ccc(F)cc1)CSC2. The van der Waals surface area contributed by atoms with Crippen molar-refractivity contribution in [2.45, 2.75) is 51.3 Å². The fourth-order valence-electron chi connectivity index (χ4n) is 3.19. The molecule has 1 aliphatic heterocycles. The van der Waals surface area contributed by atoms with Crippen LogP contribution in [0.2, 0.25) is 0 Å². The number of thioether (sulfide) groups is 1. The molecule has 0 atom stereocenters. The molecule has 1 aromatic carbocycles. The van der Waals surface area contributed by atoms with E-state index in [0.29, 0.717) is 12.4 Å². The van der Waals surface area contributed by atoms with Gasteiger partial charge in [0, 0.05) is 29.5 Å². The molecule has 0 saturated heterocycles. The Morgan fingerprint density at radius 3 is 2.61 bits per heavy atom. The first-order valence-electron chi connectivity index (χ1n) is 9.50. The average molecular weight is 405 g/mol. The lowest BCUT2D eigenvalue weighted by molar-refractivity contribution is -0.122. The van der Waals surface area contributed by atoms with Crippen molar-refractivity contribution in [2.24, 2.45) is 5.92 Å². The molecular formula is C20H25FN4O2S. The molecule has 0 saturated carbocycles. The quantitative estimate of drug-likeness (QED) is 0.707. The van der Waals surface area contributed by atoms with Crippen LogP contribution in [0.4, 0.5) is 10.2 Å². The number of hydrogen-bond acceptors (Lipinski definition) is 4. The maximum atomic E-state index is 13.0. The van der Waals surface area contributed by atoms with Gasteiger partial charge in [-0.2, -0.15) is 16.9 Å². The molecule has 0 unspecified atom stereocenters. The minimum absolute atomic E-state index is 0.0252. The second-order valence-corrected chi connectivity index (χ2v) is 7.82. The van der Waals surface area contributed by atoms with Crippen molar-refractivity contribution < 1.29 is 14.0 Å². The maximum Gasteiger partial charge on any atom is 0.242 e. The maximum absolute atomic E-state index is 13.0. The standard InChI is InChI=1S/C20H25FN4O2S/c1-3-14(4-2)20(27)23-19-16-11-28-12-17(16)24-25(19)10-18(26)22-9-13-5-7-15(21)8-6-13/h5-8,14H,3-4,9-12H2,1-2H3,(H,22,26)(H,23,27). The van der Waals surface area contributed by atoms with Gasteiger partial charge in [0.1, 0.15) is 18.2 Å². The van der Waals surface area contributed by atoms with Crippen LogP contribution in [0, 0.1) is 11.7 Å². The van der Waals surface area contributed by atoms with Gasteiger partial charge in [-0.05, 0) is 30.5 Å². The van der Waals surface area contributed by atoms with E-state index in [1.165, 1.54) is 12.1 Å². The van der Waals surface area contributed by atoms with E-state index in [1.807, 2.05) is 13.8 Å². The third-order valence-electron chi connectivity index (χ3n) is 4.91. The molecule has 2 amide bonds. The van der Waals surface area contributed by atoms with Gasteiger partial charge in [-0.15, -0.1) is 0 Å². The van der Waals surface area contributed by atoms with Crippen LogP contribution in [0.1, 0.15) is 43.5 Å². The number of carbonyl (C=O) groups excluding carboxylic acids is 2. The van der Waals surface area contributed by atoms with E-state index in [4.69, 9.17) is 0 Å². The Balaban J connectivity index is 1.68. The Morgan fingerprint density at radius 1 is 1.21 bits per heavy atom. The lowest BCUT2D eigenvalue weighted by atomic mass is 10.0. The summed E-state index contributed by atoms with van der Waals surface area (Å²) in [4.78, 5) is 25.0. The molecule has 2 heterocycles.